The molecule has 0 rings (SSSR count). The topological polar surface area (TPSA) is 26.0 Å². The minimum atomic E-state index is 0.668. The van der Waals surface area contributed by atoms with Crippen molar-refractivity contribution in [2.24, 2.45) is 29.4 Å². The smallest absolute Gasteiger partial charge is 0.00487 e. The van der Waals surface area contributed by atoms with Crippen molar-refractivity contribution < 1.29 is 0 Å². The lowest BCUT2D eigenvalue weighted by molar-refractivity contribution is 0.180. The molecule has 0 heterocycles. The van der Waals surface area contributed by atoms with Crippen LogP contribution in [0.1, 0.15) is 53.9 Å². The Balaban J connectivity index is 4.18. The van der Waals surface area contributed by atoms with Gasteiger partial charge in [-0.15, -0.1) is 0 Å². The lowest BCUT2D eigenvalue weighted by Crippen LogP contribution is -2.30. The van der Waals surface area contributed by atoms with Crippen molar-refractivity contribution in [3.63, 3.8) is 0 Å². The van der Waals surface area contributed by atoms with Crippen molar-refractivity contribution >= 4 is 0 Å². The van der Waals surface area contributed by atoms with Crippen molar-refractivity contribution in [1.29, 1.82) is 0 Å². The number of nitrogens with two attached hydrogens (primary N) is 1. The molecule has 0 aliphatic carbocycles. The molecule has 1 nitrogen and oxygen atoms in total. The van der Waals surface area contributed by atoms with Crippen molar-refractivity contribution in [3.8, 4) is 0 Å². The minimum Gasteiger partial charge on any atom is -0.330 e. The Morgan fingerprint density at radius 2 is 1.57 bits per heavy atom. The average Bonchev–Trinajstić information content (AvgIpc) is 2.14. The summed E-state index contributed by atoms with van der Waals surface area (Å²) in [5, 5.41) is 0. The van der Waals surface area contributed by atoms with Crippen LogP contribution in [0.2, 0.25) is 0 Å². The lowest BCUT2D eigenvalue weighted by Gasteiger charge is -2.32. The molecule has 0 radical (unpaired) electrons. The second-order valence-electron chi connectivity index (χ2n) is 5.15. The van der Waals surface area contributed by atoms with Gasteiger partial charge in [-0.2, -0.15) is 0 Å². The Labute approximate surface area is 90.5 Å². The maximum atomic E-state index is 5.78. The van der Waals surface area contributed by atoms with Crippen LogP contribution >= 0.6 is 0 Å². The maximum absolute atomic E-state index is 5.78. The second-order valence-corrected chi connectivity index (χ2v) is 5.15. The van der Waals surface area contributed by atoms with Crippen molar-refractivity contribution in [2.75, 3.05) is 6.54 Å². The highest BCUT2D eigenvalue weighted by Gasteiger charge is 2.25. The Morgan fingerprint density at radius 3 is 1.93 bits per heavy atom. The molecule has 2 N–H and O–H groups in total. The van der Waals surface area contributed by atoms with Crippen molar-refractivity contribution in [1.82, 2.24) is 0 Å². The minimum absolute atomic E-state index is 0.668. The summed E-state index contributed by atoms with van der Waals surface area (Å²) in [6.45, 7) is 12.5. The Hall–Kier alpha value is -0.0400. The molecule has 0 saturated carbocycles. The van der Waals surface area contributed by atoms with Crippen LogP contribution in [0.4, 0.5) is 0 Å². The predicted octanol–water partition coefficient (Wildman–Crippen LogP) is 3.68. The molecule has 0 aromatic carbocycles. The summed E-state index contributed by atoms with van der Waals surface area (Å²) in [6, 6.07) is 0. The number of rotatable bonds is 7. The third-order valence-corrected chi connectivity index (χ3v) is 3.47. The molecule has 0 aromatic heterocycles. The van der Waals surface area contributed by atoms with E-state index in [1.54, 1.807) is 0 Å². The molecule has 0 saturated heterocycles. The van der Waals surface area contributed by atoms with Crippen LogP contribution in [0.5, 0.6) is 0 Å². The summed E-state index contributed by atoms with van der Waals surface area (Å²) in [6.07, 6.45) is 4.04. The molecular weight excluding hydrogens is 170 g/mol. The van der Waals surface area contributed by atoms with Crippen LogP contribution in [0, 0.1) is 23.7 Å². The monoisotopic (exact) mass is 199 g/mol. The van der Waals surface area contributed by atoms with Gasteiger partial charge in [0.15, 0.2) is 0 Å². The maximum Gasteiger partial charge on any atom is -0.00487 e. The standard InChI is InChI=1S/C13H29N/c1-6-7-8-11(4)13(10(2)3)12(5)9-14/h10-13H,6-9,14H2,1-5H3. The van der Waals surface area contributed by atoms with E-state index >= 15 is 0 Å². The van der Waals surface area contributed by atoms with E-state index in [2.05, 4.69) is 34.6 Å². The molecular formula is C13H29N. The van der Waals surface area contributed by atoms with E-state index in [-0.39, 0.29) is 0 Å². The van der Waals surface area contributed by atoms with E-state index in [1.807, 2.05) is 0 Å². The normalized spacial score (nSPS) is 18.2. The SMILES string of the molecule is CCCCC(C)C(C(C)C)C(C)CN. The predicted molar refractivity (Wildman–Crippen MR) is 65.2 cm³/mol. The van der Waals surface area contributed by atoms with Gasteiger partial charge in [0.2, 0.25) is 0 Å². The van der Waals surface area contributed by atoms with E-state index in [1.165, 1.54) is 19.3 Å². The van der Waals surface area contributed by atoms with Crippen LogP contribution in [-0.2, 0) is 0 Å². The zero-order chi connectivity index (χ0) is 11.1. The Morgan fingerprint density at radius 1 is 1.00 bits per heavy atom. The third kappa shape index (κ3) is 4.45. The van der Waals surface area contributed by atoms with Gasteiger partial charge >= 0.3 is 0 Å². The highest BCUT2D eigenvalue weighted by molar-refractivity contribution is 4.75. The van der Waals surface area contributed by atoms with Gasteiger partial charge < -0.3 is 5.73 Å². The molecule has 86 valence electrons. The van der Waals surface area contributed by atoms with Gasteiger partial charge in [-0.05, 0) is 30.2 Å². The average molecular weight is 199 g/mol. The molecule has 0 aliphatic heterocycles. The third-order valence-electron chi connectivity index (χ3n) is 3.47. The van der Waals surface area contributed by atoms with Gasteiger partial charge in [-0.3, -0.25) is 0 Å². The fourth-order valence-corrected chi connectivity index (χ4v) is 2.75. The summed E-state index contributed by atoms with van der Waals surface area (Å²) in [4.78, 5) is 0. The molecule has 0 fully saturated rings. The molecule has 0 spiro atoms. The zero-order valence-corrected chi connectivity index (χ0v) is 10.7. The van der Waals surface area contributed by atoms with Gasteiger partial charge in [0.25, 0.3) is 0 Å². The van der Waals surface area contributed by atoms with Crippen LogP contribution in [0.3, 0.4) is 0 Å². The first-order chi connectivity index (χ1) is 6.54. The molecule has 0 aliphatic rings. The first-order valence-corrected chi connectivity index (χ1v) is 6.24. The van der Waals surface area contributed by atoms with E-state index in [0.717, 1.165) is 24.3 Å². The molecule has 14 heavy (non-hydrogen) atoms. The number of hydrogen-bond donors (Lipinski definition) is 1. The first kappa shape index (κ1) is 14.0. The molecule has 0 amide bonds. The summed E-state index contributed by atoms with van der Waals surface area (Å²) in [7, 11) is 0. The molecule has 1 heteroatoms. The largest absolute Gasteiger partial charge is 0.330 e. The van der Waals surface area contributed by atoms with Crippen molar-refractivity contribution in [3.05, 3.63) is 0 Å². The van der Waals surface area contributed by atoms with E-state index in [0.29, 0.717) is 5.92 Å². The van der Waals surface area contributed by atoms with Gasteiger partial charge in [0, 0.05) is 0 Å². The molecule has 3 atom stereocenters. The first-order valence-electron chi connectivity index (χ1n) is 6.24. The van der Waals surface area contributed by atoms with Gasteiger partial charge in [0.1, 0.15) is 0 Å². The van der Waals surface area contributed by atoms with Crippen molar-refractivity contribution in [2.45, 2.75) is 53.9 Å². The number of unbranched alkanes of at least 4 members (excludes halogenated alkanes) is 1. The van der Waals surface area contributed by atoms with Gasteiger partial charge in [-0.1, -0.05) is 53.9 Å². The summed E-state index contributed by atoms with van der Waals surface area (Å²) >= 11 is 0. The van der Waals surface area contributed by atoms with Crippen LogP contribution in [0.25, 0.3) is 0 Å². The quantitative estimate of drug-likeness (QED) is 0.665. The van der Waals surface area contributed by atoms with Gasteiger partial charge in [-0.25, -0.2) is 0 Å². The summed E-state index contributed by atoms with van der Waals surface area (Å²) < 4.78 is 0. The van der Waals surface area contributed by atoms with E-state index in [4.69, 9.17) is 5.73 Å². The molecule has 3 unspecified atom stereocenters. The van der Waals surface area contributed by atoms with Crippen LogP contribution < -0.4 is 5.73 Å². The fraction of sp³-hybridized carbons (Fsp3) is 1.00. The summed E-state index contributed by atoms with van der Waals surface area (Å²) in [5.41, 5.74) is 5.78. The van der Waals surface area contributed by atoms with Gasteiger partial charge in [0.05, 0.1) is 0 Å². The molecule has 0 bridgehead atoms. The molecule has 0 aromatic rings. The Kier molecular flexibility index (Phi) is 7.26. The Bertz CT molecular complexity index is 131. The zero-order valence-electron chi connectivity index (χ0n) is 10.7. The highest BCUT2D eigenvalue weighted by Crippen LogP contribution is 2.31. The van der Waals surface area contributed by atoms with Crippen LogP contribution in [0.15, 0.2) is 0 Å². The highest BCUT2D eigenvalue weighted by atomic mass is 14.6. The van der Waals surface area contributed by atoms with Crippen LogP contribution in [-0.4, -0.2) is 6.54 Å². The number of hydrogen-bond acceptors (Lipinski definition) is 1. The fourth-order valence-electron chi connectivity index (χ4n) is 2.75. The van der Waals surface area contributed by atoms with E-state index in [9.17, 15) is 0 Å². The lowest BCUT2D eigenvalue weighted by atomic mass is 9.74. The van der Waals surface area contributed by atoms with E-state index < -0.39 is 0 Å². The second kappa shape index (κ2) is 7.28. The summed E-state index contributed by atoms with van der Waals surface area (Å²) in [5.74, 6) is 3.06.